The molecule has 0 aliphatic carbocycles. The van der Waals surface area contributed by atoms with E-state index in [0.29, 0.717) is 5.56 Å². The largest absolute Gasteiger partial charge is 0.480 e. The molecule has 0 aromatic heterocycles. The molecule has 0 bridgehead atoms. The zero-order valence-corrected chi connectivity index (χ0v) is 16.9. The van der Waals surface area contributed by atoms with E-state index in [1.54, 1.807) is 30.3 Å². The van der Waals surface area contributed by atoms with Crippen LogP contribution in [0.25, 0.3) is 0 Å². The highest BCUT2D eigenvalue weighted by Gasteiger charge is 2.31. The van der Waals surface area contributed by atoms with Crippen LogP contribution in [0.2, 0.25) is 0 Å². The molecule has 3 amide bonds. The van der Waals surface area contributed by atoms with Gasteiger partial charge in [0.15, 0.2) is 6.04 Å². The Morgan fingerprint density at radius 1 is 0.903 bits per heavy atom. The third kappa shape index (κ3) is 8.30. The maximum Gasteiger partial charge on any atom is 0.328 e. The van der Waals surface area contributed by atoms with E-state index in [0.717, 1.165) is 0 Å². The number of carbonyl (C=O) groups excluding carboxylic acids is 3. The van der Waals surface area contributed by atoms with Gasteiger partial charge in [-0.1, -0.05) is 30.3 Å². The lowest BCUT2D eigenvalue weighted by atomic mass is 10.0. The van der Waals surface area contributed by atoms with E-state index in [-0.39, 0.29) is 6.42 Å². The number of aliphatic hydroxyl groups excluding tert-OH is 3. The molecule has 0 saturated carbocycles. The molecule has 5 atom stereocenters. The number of carboxylic acid groups (broad SMARTS) is 1. The van der Waals surface area contributed by atoms with Gasteiger partial charge in [0.05, 0.1) is 19.3 Å². The van der Waals surface area contributed by atoms with Gasteiger partial charge in [-0.05, 0) is 12.5 Å². The summed E-state index contributed by atoms with van der Waals surface area (Å²) in [6.45, 7) is -0.313. The Kier molecular flexibility index (Phi) is 10.6. The first-order valence-corrected chi connectivity index (χ1v) is 9.43. The molecule has 172 valence electrons. The number of amides is 3. The molecule has 0 heterocycles. The van der Waals surface area contributed by atoms with E-state index >= 15 is 0 Å². The van der Waals surface area contributed by atoms with Crippen LogP contribution >= 0.6 is 0 Å². The summed E-state index contributed by atoms with van der Waals surface area (Å²) in [5.41, 5.74) is 6.00. The molecule has 12 heteroatoms. The van der Waals surface area contributed by atoms with E-state index in [1.807, 2.05) is 0 Å². The zero-order valence-electron chi connectivity index (χ0n) is 16.9. The first-order chi connectivity index (χ1) is 14.6. The van der Waals surface area contributed by atoms with Crippen molar-refractivity contribution in [3.63, 3.8) is 0 Å². The number of hydrogen-bond acceptors (Lipinski definition) is 8. The number of carboxylic acids is 1. The molecule has 5 unspecified atom stereocenters. The van der Waals surface area contributed by atoms with Crippen LogP contribution in [0.5, 0.6) is 0 Å². The minimum atomic E-state index is -1.61. The van der Waals surface area contributed by atoms with Crippen molar-refractivity contribution in [1.82, 2.24) is 16.0 Å². The lowest BCUT2D eigenvalue weighted by Gasteiger charge is -2.25. The summed E-state index contributed by atoms with van der Waals surface area (Å²) in [6, 6.07) is 2.84. The summed E-state index contributed by atoms with van der Waals surface area (Å²) >= 11 is 0. The van der Waals surface area contributed by atoms with Crippen LogP contribution in [-0.4, -0.2) is 87.6 Å². The van der Waals surface area contributed by atoms with E-state index in [1.165, 1.54) is 6.92 Å². The van der Waals surface area contributed by atoms with Crippen LogP contribution < -0.4 is 21.7 Å². The van der Waals surface area contributed by atoms with Gasteiger partial charge in [0.1, 0.15) is 18.1 Å². The number of rotatable bonds is 12. The second kappa shape index (κ2) is 12.6. The highest BCUT2D eigenvalue weighted by atomic mass is 16.4. The monoisotopic (exact) mass is 440 g/mol. The second-order valence-corrected chi connectivity index (χ2v) is 6.85. The molecule has 1 aromatic carbocycles. The van der Waals surface area contributed by atoms with Crippen LogP contribution in [0.3, 0.4) is 0 Å². The van der Waals surface area contributed by atoms with Gasteiger partial charge in [-0.25, -0.2) is 4.79 Å². The zero-order chi connectivity index (χ0) is 23.6. The van der Waals surface area contributed by atoms with E-state index in [9.17, 15) is 34.5 Å². The van der Waals surface area contributed by atoms with Crippen LogP contribution in [0.15, 0.2) is 30.3 Å². The van der Waals surface area contributed by atoms with E-state index in [2.05, 4.69) is 16.0 Å². The van der Waals surface area contributed by atoms with Gasteiger partial charge in [-0.3, -0.25) is 14.4 Å². The summed E-state index contributed by atoms with van der Waals surface area (Å²) in [5, 5.41) is 43.8. The number of carbonyl (C=O) groups is 4. The minimum Gasteiger partial charge on any atom is -0.480 e. The predicted molar refractivity (Wildman–Crippen MR) is 107 cm³/mol. The third-order valence-corrected chi connectivity index (χ3v) is 4.31. The molecule has 0 radical (unpaired) electrons. The number of benzene rings is 1. The van der Waals surface area contributed by atoms with Crippen LogP contribution in [0.1, 0.15) is 12.5 Å². The number of aliphatic hydroxyl groups is 3. The first-order valence-electron chi connectivity index (χ1n) is 9.43. The lowest BCUT2D eigenvalue weighted by Crippen LogP contribution is -2.59. The van der Waals surface area contributed by atoms with Gasteiger partial charge in [-0.15, -0.1) is 0 Å². The normalized spacial score (nSPS) is 15.6. The van der Waals surface area contributed by atoms with Gasteiger partial charge in [-0.2, -0.15) is 0 Å². The molecule has 1 aromatic rings. The average molecular weight is 440 g/mol. The first kappa shape index (κ1) is 26.0. The highest BCUT2D eigenvalue weighted by Crippen LogP contribution is 2.05. The Balaban J connectivity index is 3.01. The maximum atomic E-state index is 12.7. The fourth-order valence-corrected chi connectivity index (χ4v) is 2.53. The summed E-state index contributed by atoms with van der Waals surface area (Å²) in [6.07, 6.45) is -1.44. The van der Waals surface area contributed by atoms with Crippen LogP contribution in [0, 0.1) is 0 Å². The Labute approximate surface area is 178 Å². The predicted octanol–water partition coefficient (Wildman–Crippen LogP) is -3.54. The molecule has 9 N–H and O–H groups in total. The molecule has 1 rings (SSSR count). The molecule has 0 saturated heterocycles. The summed E-state index contributed by atoms with van der Waals surface area (Å²) in [5.74, 6) is -4.17. The number of nitrogens with two attached hydrogens (primary N) is 1. The average Bonchev–Trinajstić information content (AvgIpc) is 2.74. The van der Waals surface area contributed by atoms with Gasteiger partial charge < -0.3 is 42.1 Å². The quantitative estimate of drug-likeness (QED) is 0.161. The lowest BCUT2D eigenvalue weighted by molar-refractivity contribution is -0.145. The number of hydrogen-bond donors (Lipinski definition) is 8. The SMILES string of the molecule is CC(O)C(NC(=O)C(Cc1ccccc1)NC(=O)C(CO)NC(=O)C(N)CO)C(=O)O. The van der Waals surface area contributed by atoms with Crippen molar-refractivity contribution in [2.24, 2.45) is 5.73 Å². The number of nitrogens with one attached hydrogen (secondary N) is 3. The van der Waals surface area contributed by atoms with Gasteiger partial charge in [0.25, 0.3) is 0 Å². The van der Waals surface area contributed by atoms with Crippen molar-refractivity contribution in [3.8, 4) is 0 Å². The van der Waals surface area contributed by atoms with E-state index in [4.69, 9.17) is 10.8 Å². The third-order valence-electron chi connectivity index (χ3n) is 4.31. The van der Waals surface area contributed by atoms with Crippen LogP contribution in [-0.2, 0) is 25.6 Å². The molecule has 0 spiro atoms. The minimum absolute atomic E-state index is 0.0349. The van der Waals surface area contributed by atoms with Crippen molar-refractivity contribution in [2.45, 2.75) is 43.6 Å². The van der Waals surface area contributed by atoms with Crippen LogP contribution in [0.4, 0.5) is 0 Å². The Morgan fingerprint density at radius 2 is 1.45 bits per heavy atom. The Bertz CT molecular complexity index is 759. The second-order valence-electron chi connectivity index (χ2n) is 6.85. The standard InChI is InChI=1S/C19H28N4O8/c1-10(26)15(19(30)31)23-17(28)13(7-11-5-3-2-4-6-11)21-18(29)14(9-25)22-16(27)12(20)8-24/h2-6,10,12-15,24-26H,7-9,20H2,1H3,(H,21,29)(H,22,27)(H,23,28)(H,30,31). The fourth-order valence-electron chi connectivity index (χ4n) is 2.53. The van der Waals surface area contributed by atoms with Gasteiger partial charge in [0, 0.05) is 6.42 Å². The van der Waals surface area contributed by atoms with Crippen molar-refractivity contribution in [3.05, 3.63) is 35.9 Å². The number of aliphatic carboxylic acids is 1. The molecule has 0 aliphatic rings. The van der Waals surface area contributed by atoms with Gasteiger partial charge in [0.2, 0.25) is 17.7 Å². The maximum absolute atomic E-state index is 12.7. The van der Waals surface area contributed by atoms with E-state index < -0.39 is 67.2 Å². The van der Waals surface area contributed by atoms with Crippen molar-refractivity contribution < 1.29 is 39.6 Å². The molecule has 12 nitrogen and oxygen atoms in total. The summed E-state index contributed by atoms with van der Waals surface area (Å²) in [7, 11) is 0. The van der Waals surface area contributed by atoms with Crippen molar-refractivity contribution in [2.75, 3.05) is 13.2 Å². The molecular formula is C19H28N4O8. The summed E-state index contributed by atoms with van der Waals surface area (Å²) in [4.78, 5) is 48.3. The molecule has 0 aliphatic heterocycles. The Morgan fingerprint density at radius 3 is 1.94 bits per heavy atom. The highest BCUT2D eigenvalue weighted by molar-refractivity contribution is 5.94. The molecule has 0 fully saturated rings. The molecular weight excluding hydrogens is 412 g/mol. The fraction of sp³-hybridized carbons (Fsp3) is 0.474. The van der Waals surface area contributed by atoms with Crippen molar-refractivity contribution >= 4 is 23.7 Å². The topological polar surface area (TPSA) is 211 Å². The van der Waals surface area contributed by atoms with Gasteiger partial charge >= 0.3 is 5.97 Å². The summed E-state index contributed by atoms with van der Waals surface area (Å²) < 4.78 is 0. The smallest absolute Gasteiger partial charge is 0.328 e. The Hall–Kier alpha value is -3.06. The van der Waals surface area contributed by atoms with Crippen molar-refractivity contribution in [1.29, 1.82) is 0 Å². The molecule has 31 heavy (non-hydrogen) atoms.